The summed E-state index contributed by atoms with van der Waals surface area (Å²) >= 11 is 0. The number of nitrogens with two attached hydrogens (primary N) is 2. The maximum atomic E-state index is 13.0. The van der Waals surface area contributed by atoms with Gasteiger partial charge in [0.1, 0.15) is 12.1 Å². The van der Waals surface area contributed by atoms with Crippen molar-refractivity contribution < 1.29 is 39.3 Å². The molecule has 10 N–H and O–H groups in total. The Balaban J connectivity index is 5.22. The van der Waals surface area contributed by atoms with E-state index in [1.54, 1.807) is 0 Å². The van der Waals surface area contributed by atoms with Gasteiger partial charge in [-0.1, -0.05) is 65.7 Å². The van der Waals surface area contributed by atoms with Crippen LogP contribution in [0.2, 0.25) is 0 Å². The van der Waals surface area contributed by atoms with Gasteiger partial charge < -0.3 is 42.7 Å². The molecule has 0 spiro atoms. The van der Waals surface area contributed by atoms with Gasteiger partial charge in [-0.05, 0) is 31.6 Å². The minimum absolute atomic E-state index is 0.209. The fraction of sp³-hybridized carbons (Fsp3) is 0.821. The van der Waals surface area contributed by atoms with Crippen molar-refractivity contribution in [2.45, 2.75) is 141 Å². The van der Waals surface area contributed by atoms with Crippen molar-refractivity contribution in [1.82, 2.24) is 16.0 Å². The molecular formula is C28H53N5O8. The van der Waals surface area contributed by atoms with Gasteiger partial charge in [0.25, 0.3) is 0 Å². The summed E-state index contributed by atoms with van der Waals surface area (Å²) in [7, 11) is 0. The average molecular weight is 588 g/mol. The summed E-state index contributed by atoms with van der Waals surface area (Å²) in [6, 6.07) is -3.79. The normalized spacial score (nSPS) is 14.2. The van der Waals surface area contributed by atoms with E-state index in [-0.39, 0.29) is 31.6 Å². The zero-order valence-corrected chi connectivity index (χ0v) is 24.9. The van der Waals surface area contributed by atoms with Gasteiger partial charge in [0.2, 0.25) is 29.5 Å². The number of aliphatic hydroxyl groups is 3. The summed E-state index contributed by atoms with van der Waals surface area (Å²) in [5, 5.41) is 36.9. The molecule has 0 aliphatic carbocycles. The first-order valence-corrected chi connectivity index (χ1v) is 14.8. The fourth-order valence-electron chi connectivity index (χ4n) is 4.24. The molecule has 0 aromatic carbocycles. The Labute approximate surface area is 243 Å². The molecule has 0 aromatic rings. The number of carbonyl (C=O) groups excluding carboxylic acids is 5. The summed E-state index contributed by atoms with van der Waals surface area (Å²) in [6.07, 6.45) is 4.55. The molecule has 0 aromatic heterocycles. The minimum Gasteiger partial charge on any atom is -0.393 e. The van der Waals surface area contributed by atoms with Crippen LogP contribution in [0.15, 0.2) is 0 Å². The van der Waals surface area contributed by atoms with Gasteiger partial charge in [-0.2, -0.15) is 0 Å². The van der Waals surface area contributed by atoms with E-state index in [2.05, 4.69) is 22.9 Å². The Kier molecular flexibility index (Phi) is 20.4. The van der Waals surface area contributed by atoms with E-state index < -0.39 is 66.5 Å². The van der Waals surface area contributed by atoms with Gasteiger partial charge in [0.05, 0.1) is 25.0 Å². The van der Waals surface area contributed by atoms with E-state index in [0.29, 0.717) is 12.8 Å². The molecule has 4 unspecified atom stereocenters. The molecule has 13 heteroatoms. The molecule has 41 heavy (non-hydrogen) atoms. The Bertz CT molecular complexity index is 808. The van der Waals surface area contributed by atoms with Crippen LogP contribution in [0.3, 0.4) is 0 Å². The maximum absolute atomic E-state index is 13.0. The standard InChI is InChI=1S/C28H53N5O8/c1-4-5-6-7-8-9-10-11-19(34)16-25(37)31-22(17-24(30)36)27(39)32-20(14-15-23(29)35)26(38)33-21(28(40)41)13-12-18(2)3/h18-22,28,34,40-41H,4-17H2,1-3H3,(H2,29,35)(H2,30,36)(H,31,37)(H,32,39)(H,33,38). The van der Waals surface area contributed by atoms with E-state index in [0.717, 1.165) is 32.1 Å². The lowest BCUT2D eigenvalue weighted by atomic mass is 10.0. The maximum Gasteiger partial charge on any atom is 0.243 e. The first-order valence-electron chi connectivity index (χ1n) is 14.8. The Morgan fingerprint density at radius 2 is 1.24 bits per heavy atom. The second kappa shape index (κ2) is 21.9. The first kappa shape index (κ1) is 38.2. The van der Waals surface area contributed by atoms with Crippen LogP contribution in [-0.4, -0.2) is 75.4 Å². The molecule has 0 fully saturated rings. The number of aliphatic hydroxyl groups excluding tert-OH is 2. The number of rotatable bonds is 24. The first-order chi connectivity index (χ1) is 19.3. The van der Waals surface area contributed by atoms with E-state index >= 15 is 0 Å². The second-order valence-electron chi connectivity index (χ2n) is 11.1. The summed E-state index contributed by atoms with van der Waals surface area (Å²) in [6.45, 7) is 6.01. The Morgan fingerprint density at radius 1 is 0.659 bits per heavy atom. The molecule has 238 valence electrons. The molecule has 0 aliphatic rings. The highest BCUT2D eigenvalue weighted by atomic mass is 16.5. The lowest BCUT2D eigenvalue weighted by Gasteiger charge is -2.26. The number of carbonyl (C=O) groups is 5. The van der Waals surface area contributed by atoms with Gasteiger partial charge in [-0.15, -0.1) is 0 Å². The van der Waals surface area contributed by atoms with Gasteiger partial charge in [-0.25, -0.2) is 0 Å². The van der Waals surface area contributed by atoms with Crippen molar-refractivity contribution in [3.05, 3.63) is 0 Å². The average Bonchev–Trinajstić information content (AvgIpc) is 2.86. The molecule has 0 saturated heterocycles. The molecule has 0 rings (SSSR count). The van der Waals surface area contributed by atoms with Crippen LogP contribution in [0.1, 0.15) is 111 Å². The monoisotopic (exact) mass is 587 g/mol. The third-order valence-corrected chi connectivity index (χ3v) is 6.67. The van der Waals surface area contributed by atoms with Crippen molar-refractivity contribution in [3.8, 4) is 0 Å². The molecule has 5 amide bonds. The van der Waals surface area contributed by atoms with Crippen LogP contribution < -0.4 is 27.4 Å². The lowest BCUT2D eigenvalue weighted by Crippen LogP contribution is -2.57. The fourth-order valence-corrected chi connectivity index (χ4v) is 4.24. The Hall–Kier alpha value is -2.77. The summed E-state index contributed by atoms with van der Waals surface area (Å²) in [5.74, 6) is -3.76. The number of nitrogens with one attached hydrogen (secondary N) is 3. The Morgan fingerprint density at radius 3 is 1.78 bits per heavy atom. The number of hydrogen-bond acceptors (Lipinski definition) is 8. The number of amides is 5. The second-order valence-corrected chi connectivity index (χ2v) is 11.1. The quantitative estimate of drug-likeness (QED) is 0.0573. The van der Waals surface area contributed by atoms with Gasteiger partial charge in [0.15, 0.2) is 6.29 Å². The molecule has 0 aliphatic heterocycles. The molecule has 0 radical (unpaired) electrons. The van der Waals surface area contributed by atoms with Crippen molar-refractivity contribution in [2.75, 3.05) is 0 Å². The number of unbranched alkanes of at least 4 members (excludes halogenated alkanes) is 6. The van der Waals surface area contributed by atoms with Crippen molar-refractivity contribution >= 4 is 29.5 Å². The van der Waals surface area contributed by atoms with Crippen LogP contribution in [0.5, 0.6) is 0 Å². The third-order valence-electron chi connectivity index (χ3n) is 6.67. The van der Waals surface area contributed by atoms with E-state index in [4.69, 9.17) is 11.5 Å². The summed E-state index contributed by atoms with van der Waals surface area (Å²) in [4.78, 5) is 61.5. The van der Waals surface area contributed by atoms with Crippen molar-refractivity contribution in [1.29, 1.82) is 0 Å². The van der Waals surface area contributed by atoms with E-state index in [9.17, 15) is 39.3 Å². The van der Waals surface area contributed by atoms with Crippen molar-refractivity contribution in [3.63, 3.8) is 0 Å². The topological polar surface area (TPSA) is 234 Å². The highest BCUT2D eigenvalue weighted by Gasteiger charge is 2.30. The van der Waals surface area contributed by atoms with E-state index in [1.165, 1.54) is 12.8 Å². The molecular weight excluding hydrogens is 534 g/mol. The van der Waals surface area contributed by atoms with Crippen LogP contribution >= 0.6 is 0 Å². The molecule has 0 saturated carbocycles. The highest BCUT2D eigenvalue weighted by Crippen LogP contribution is 2.12. The number of primary amides is 2. The SMILES string of the molecule is CCCCCCCCCC(O)CC(=O)NC(CC(N)=O)C(=O)NC(CCC(N)=O)C(=O)NC(CCC(C)C)C(O)O. The molecule has 13 nitrogen and oxygen atoms in total. The predicted octanol–water partition coefficient (Wildman–Crippen LogP) is 0.220. The van der Waals surface area contributed by atoms with Gasteiger partial charge in [0, 0.05) is 6.42 Å². The summed E-state index contributed by atoms with van der Waals surface area (Å²) in [5.41, 5.74) is 10.5. The minimum atomic E-state index is -1.86. The predicted molar refractivity (Wildman–Crippen MR) is 154 cm³/mol. The van der Waals surface area contributed by atoms with Crippen LogP contribution in [0.4, 0.5) is 0 Å². The molecule has 0 bridgehead atoms. The van der Waals surface area contributed by atoms with Gasteiger partial charge >= 0.3 is 0 Å². The van der Waals surface area contributed by atoms with Crippen LogP contribution in [-0.2, 0) is 24.0 Å². The molecule has 0 heterocycles. The van der Waals surface area contributed by atoms with Crippen LogP contribution in [0, 0.1) is 5.92 Å². The zero-order valence-electron chi connectivity index (χ0n) is 24.9. The largest absolute Gasteiger partial charge is 0.393 e. The zero-order chi connectivity index (χ0) is 31.4. The third kappa shape index (κ3) is 19.9. The smallest absolute Gasteiger partial charge is 0.243 e. The van der Waals surface area contributed by atoms with Crippen molar-refractivity contribution in [2.24, 2.45) is 17.4 Å². The lowest BCUT2D eigenvalue weighted by molar-refractivity contribution is -0.135. The van der Waals surface area contributed by atoms with E-state index in [1.807, 2.05) is 13.8 Å². The number of hydrogen-bond donors (Lipinski definition) is 8. The molecule has 4 atom stereocenters. The highest BCUT2D eigenvalue weighted by molar-refractivity contribution is 5.95. The van der Waals surface area contributed by atoms with Gasteiger partial charge in [-0.3, -0.25) is 24.0 Å². The van der Waals surface area contributed by atoms with Crippen LogP contribution in [0.25, 0.3) is 0 Å². The summed E-state index contributed by atoms with van der Waals surface area (Å²) < 4.78 is 0.